The van der Waals surface area contributed by atoms with Gasteiger partial charge in [0.1, 0.15) is 10.6 Å². The van der Waals surface area contributed by atoms with Crippen molar-refractivity contribution in [3.05, 3.63) is 35.2 Å². The maximum Gasteiger partial charge on any atom is 0.248 e. The number of piperidine rings is 1. The second kappa shape index (κ2) is 7.59. The van der Waals surface area contributed by atoms with Crippen LogP contribution in [0.5, 0.6) is 11.5 Å². The van der Waals surface area contributed by atoms with Crippen molar-refractivity contribution in [2.45, 2.75) is 45.1 Å². The Kier molecular flexibility index (Phi) is 5.23. The van der Waals surface area contributed by atoms with Gasteiger partial charge in [0, 0.05) is 25.0 Å². The molecule has 10 heteroatoms. The molecule has 1 saturated heterocycles. The van der Waals surface area contributed by atoms with E-state index >= 15 is 0 Å². The van der Waals surface area contributed by atoms with Gasteiger partial charge in [0.25, 0.3) is 0 Å². The third-order valence-electron chi connectivity index (χ3n) is 5.83. The molecule has 0 radical (unpaired) electrons. The summed E-state index contributed by atoms with van der Waals surface area (Å²) < 4.78 is 43.0. The van der Waals surface area contributed by atoms with E-state index in [0.29, 0.717) is 36.6 Å². The average Bonchev–Trinajstić information content (AvgIpc) is 3.32. The Bertz CT molecular complexity index is 1050. The molecule has 0 unspecified atom stereocenters. The fourth-order valence-electron chi connectivity index (χ4n) is 3.87. The topological polar surface area (TPSA) is 111 Å². The van der Waals surface area contributed by atoms with Crippen LogP contribution in [0.3, 0.4) is 0 Å². The first-order valence-electron chi connectivity index (χ1n) is 9.80. The molecule has 0 aliphatic carbocycles. The van der Waals surface area contributed by atoms with Crippen LogP contribution in [-0.4, -0.2) is 43.7 Å². The molecule has 0 saturated carbocycles. The van der Waals surface area contributed by atoms with Crippen LogP contribution in [0.15, 0.2) is 27.6 Å². The molecule has 4 rings (SSSR count). The minimum absolute atomic E-state index is 0.0884. The van der Waals surface area contributed by atoms with Gasteiger partial charge in [0.15, 0.2) is 17.3 Å². The van der Waals surface area contributed by atoms with Crippen LogP contribution in [0.1, 0.15) is 36.8 Å². The van der Waals surface area contributed by atoms with E-state index in [1.165, 1.54) is 4.31 Å². The van der Waals surface area contributed by atoms with Gasteiger partial charge in [-0.1, -0.05) is 18.1 Å². The van der Waals surface area contributed by atoms with E-state index in [2.05, 4.69) is 10.5 Å². The second-order valence-corrected chi connectivity index (χ2v) is 9.86. The lowest BCUT2D eigenvalue weighted by atomic mass is 9.80. The number of amides is 1. The number of aromatic nitrogens is 1. The number of hydrogen-bond donors (Lipinski definition) is 1. The van der Waals surface area contributed by atoms with Crippen molar-refractivity contribution in [1.29, 1.82) is 0 Å². The Balaban J connectivity index is 1.38. The molecule has 1 N–H and O–H groups in total. The Morgan fingerprint density at radius 1 is 1.20 bits per heavy atom. The van der Waals surface area contributed by atoms with Crippen molar-refractivity contribution < 1.29 is 27.2 Å². The number of aryl methyl sites for hydroxylation is 2. The van der Waals surface area contributed by atoms with Crippen molar-refractivity contribution in [3.8, 4) is 11.5 Å². The Morgan fingerprint density at radius 2 is 1.90 bits per heavy atom. The van der Waals surface area contributed by atoms with Gasteiger partial charge >= 0.3 is 0 Å². The van der Waals surface area contributed by atoms with Crippen molar-refractivity contribution in [2.24, 2.45) is 5.41 Å². The first-order chi connectivity index (χ1) is 14.2. The summed E-state index contributed by atoms with van der Waals surface area (Å²) in [6.45, 7) is 6.18. The van der Waals surface area contributed by atoms with Crippen LogP contribution >= 0.6 is 0 Å². The number of sulfonamides is 1. The van der Waals surface area contributed by atoms with E-state index in [4.69, 9.17) is 14.0 Å². The fraction of sp³-hybridized carbons (Fsp3) is 0.500. The van der Waals surface area contributed by atoms with Gasteiger partial charge in [-0.15, -0.1) is 0 Å². The van der Waals surface area contributed by atoms with Crippen molar-refractivity contribution in [3.63, 3.8) is 0 Å². The number of nitrogens with zero attached hydrogens (tertiary/aromatic N) is 2. The summed E-state index contributed by atoms with van der Waals surface area (Å²) in [6.07, 6.45) is 0.866. The predicted molar refractivity (Wildman–Crippen MR) is 106 cm³/mol. The SMILES string of the molecule is Cc1noc(C)c1S(=O)(=O)N1CCC(C)(C(=O)NCc2ccc3c(c2)OCO3)CC1. The number of rotatable bonds is 5. The van der Waals surface area contributed by atoms with Crippen LogP contribution in [-0.2, 0) is 21.4 Å². The molecule has 1 aromatic heterocycles. The van der Waals surface area contributed by atoms with Crippen LogP contribution < -0.4 is 14.8 Å². The number of carbonyl (C=O) groups excluding carboxylic acids is 1. The molecule has 30 heavy (non-hydrogen) atoms. The number of benzene rings is 1. The largest absolute Gasteiger partial charge is 0.454 e. The second-order valence-electron chi connectivity index (χ2n) is 7.99. The van der Waals surface area contributed by atoms with Crippen molar-refractivity contribution in [2.75, 3.05) is 19.9 Å². The van der Waals surface area contributed by atoms with Gasteiger partial charge in [-0.2, -0.15) is 4.31 Å². The van der Waals surface area contributed by atoms with Crippen molar-refractivity contribution >= 4 is 15.9 Å². The summed E-state index contributed by atoms with van der Waals surface area (Å²) in [4.78, 5) is 13.0. The standard InChI is InChI=1S/C20H25N3O6S/c1-13-18(14(2)29-22-13)30(25,26)23-8-6-20(3,7-9-23)19(24)21-11-15-4-5-16-17(10-15)28-12-27-16/h4-5,10H,6-9,11-12H2,1-3H3,(H,21,24). The quantitative estimate of drug-likeness (QED) is 0.766. The number of fused-ring (bicyclic) bond motifs is 1. The number of nitrogens with one attached hydrogen (secondary N) is 1. The van der Waals surface area contributed by atoms with Crippen LogP contribution in [0.2, 0.25) is 0 Å². The summed E-state index contributed by atoms with van der Waals surface area (Å²) in [5.41, 5.74) is 0.623. The molecule has 9 nitrogen and oxygen atoms in total. The summed E-state index contributed by atoms with van der Waals surface area (Å²) in [5, 5.41) is 6.72. The van der Waals surface area contributed by atoms with Crippen LogP contribution in [0, 0.1) is 19.3 Å². The van der Waals surface area contributed by atoms with E-state index in [9.17, 15) is 13.2 Å². The zero-order chi connectivity index (χ0) is 21.5. The maximum atomic E-state index is 13.0. The van der Waals surface area contributed by atoms with Gasteiger partial charge in [-0.25, -0.2) is 8.42 Å². The van der Waals surface area contributed by atoms with Crippen LogP contribution in [0.4, 0.5) is 0 Å². The Morgan fingerprint density at radius 3 is 2.57 bits per heavy atom. The number of ether oxygens (including phenoxy) is 2. The molecule has 162 valence electrons. The zero-order valence-corrected chi connectivity index (χ0v) is 18.0. The third-order valence-corrected chi connectivity index (χ3v) is 7.97. The highest BCUT2D eigenvalue weighted by Gasteiger charge is 2.41. The minimum atomic E-state index is -3.70. The highest BCUT2D eigenvalue weighted by Crippen LogP contribution is 2.35. The Hall–Kier alpha value is -2.59. The molecule has 2 aliphatic heterocycles. The molecule has 0 bridgehead atoms. The molecule has 2 aliphatic rings. The molecule has 2 aromatic rings. The van der Waals surface area contributed by atoms with Gasteiger partial charge in [-0.3, -0.25) is 4.79 Å². The zero-order valence-electron chi connectivity index (χ0n) is 17.2. The van der Waals surface area contributed by atoms with Gasteiger partial charge in [-0.05, 0) is 44.4 Å². The maximum absolute atomic E-state index is 13.0. The van der Waals surface area contributed by atoms with Gasteiger partial charge < -0.3 is 19.3 Å². The highest BCUT2D eigenvalue weighted by molar-refractivity contribution is 7.89. The first kappa shape index (κ1) is 20.7. The van der Waals surface area contributed by atoms with E-state index in [-0.39, 0.29) is 36.4 Å². The van der Waals surface area contributed by atoms with Crippen molar-refractivity contribution in [1.82, 2.24) is 14.8 Å². The number of carbonyl (C=O) groups is 1. The summed E-state index contributed by atoms with van der Waals surface area (Å²) in [5.74, 6) is 1.56. The predicted octanol–water partition coefficient (Wildman–Crippen LogP) is 2.13. The lowest BCUT2D eigenvalue weighted by Gasteiger charge is -2.37. The highest BCUT2D eigenvalue weighted by atomic mass is 32.2. The molecule has 1 fully saturated rings. The lowest BCUT2D eigenvalue weighted by Crippen LogP contribution is -2.48. The van der Waals surface area contributed by atoms with E-state index < -0.39 is 15.4 Å². The van der Waals surface area contributed by atoms with E-state index in [1.54, 1.807) is 13.8 Å². The molecule has 0 spiro atoms. The molecule has 0 atom stereocenters. The fourth-order valence-corrected chi connectivity index (χ4v) is 5.60. The minimum Gasteiger partial charge on any atom is -0.454 e. The van der Waals surface area contributed by atoms with Crippen LogP contribution in [0.25, 0.3) is 0 Å². The third kappa shape index (κ3) is 3.65. The monoisotopic (exact) mass is 435 g/mol. The lowest BCUT2D eigenvalue weighted by molar-refractivity contribution is -0.132. The van der Waals surface area contributed by atoms with Gasteiger partial charge in [0.2, 0.25) is 22.7 Å². The summed E-state index contributed by atoms with van der Waals surface area (Å²) >= 11 is 0. The van der Waals surface area contributed by atoms with E-state index in [1.807, 2.05) is 25.1 Å². The van der Waals surface area contributed by atoms with E-state index in [0.717, 1.165) is 5.56 Å². The molecule has 3 heterocycles. The molecule has 1 aromatic carbocycles. The summed E-state index contributed by atoms with van der Waals surface area (Å²) in [6, 6.07) is 5.56. The van der Waals surface area contributed by atoms with Gasteiger partial charge in [0.05, 0.1) is 0 Å². The summed E-state index contributed by atoms with van der Waals surface area (Å²) in [7, 11) is -3.70. The smallest absolute Gasteiger partial charge is 0.248 e. The normalized spacial score (nSPS) is 18.4. The molecular formula is C20H25N3O6S. The molecular weight excluding hydrogens is 410 g/mol. The average molecular weight is 436 g/mol. The Labute approximate surface area is 175 Å². The molecule has 1 amide bonds. The first-order valence-corrected chi connectivity index (χ1v) is 11.2. The number of hydrogen-bond acceptors (Lipinski definition) is 7.